The van der Waals surface area contributed by atoms with Crippen molar-refractivity contribution >= 4 is 27.3 Å². The van der Waals surface area contributed by atoms with Crippen LogP contribution in [0.4, 0.5) is 11.4 Å². The van der Waals surface area contributed by atoms with Gasteiger partial charge in [-0.1, -0.05) is 0 Å². The summed E-state index contributed by atoms with van der Waals surface area (Å²) in [5.41, 5.74) is 0.273. The Labute approximate surface area is 166 Å². The number of nitrogens with one attached hydrogen (secondary N) is 2. The predicted octanol–water partition coefficient (Wildman–Crippen LogP) is -2.89. The van der Waals surface area contributed by atoms with Crippen molar-refractivity contribution in [1.82, 2.24) is 4.90 Å². The highest BCUT2D eigenvalue weighted by molar-refractivity contribution is 7.92. The molecule has 1 fully saturated rings. The number of phenolic OH excluding ortho intramolecular Hbond substituents is 1. The lowest BCUT2D eigenvalue weighted by Gasteiger charge is -2.40. The van der Waals surface area contributed by atoms with E-state index in [0.29, 0.717) is 11.0 Å². The Morgan fingerprint density at radius 3 is 2.41 bits per heavy atom. The van der Waals surface area contributed by atoms with Crippen LogP contribution in [0, 0.1) is 0 Å². The van der Waals surface area contributed by atoms with Crippen LogP contribution in [0.1, 0.15) is 0 Å². The fourth-order valence-corrected chi connectivity index (χ4v) is 3.42. The lowest BCUT2D eigenvalue weighted by Crippen LogP contribution is -3.00. The van der Waals surface area contributed by atoms with E-state index in [0.717, 1.165) is 32.4 Å². The molecule has 0 saturated carbocycles. The number of rotatable bonds is 6. The summed E-state index contributed by atoms with van der Waals surface area (Å²) in [4.78, 5) is 14.7. The first kappa shape index (κ1) is 23.3. The number of halogens is 1. The van der Waals surface area contributed by atoms with E-state index in [9.17, 15) is 18.3 Å². The van der Waals surface area contributed by atoms with Gasteiger partial charge in [0.25, 0.3) is 5.91 Å². The van der Waals surface area contributed by atoms with E-state index in [4.69, 9.17) is 4.74 Å². The fourth-order valence-electron chi connectivity index (χ4n) is 2.86. The van der Waals surface area contributed by atoms with E-state index in [2.05, 4.69) is 22.0 Å². The number of likely N-dealkylation sites (N-methyl/N-ethyl adjacent to an activating group) is 2. The second-order valence-corrected chi connectivity index (χ2v) is 8.77. The zero-order chi connectivity index (χ0) is 19.5. The van der Waals surface area contributed by atoms with Gasteiger partial charge >= 0.3 is 0 Å². The van der Waals surface area contributed by atoms with Gasteiger partial charge < -0.3 is 32.1 Å². The van der Waals surface area contributed by atoms with Gasteiger partial charge in [0.05, 0.1) is 44.9 Å². The molecule has 0 aromatic heterocycles. The first-order chi connectivity index (χ1) is 12.0. The Kier molecular flexibility index (Phi) is 7.73. The number of anilines is 2. The predicted molar refractivity (Wildman–Crippen MR) is 100 cm³/mol. The fraction of sp³-hybridized carbons (Fsp3) is 0.562. The molecule has 0 unspecified atom stereocenters. The average Bonchev–Trinajstić information content (AvgIpc) is 2.51. The van der Waals surface area contributed by atoms with Crippen molar-refractivity contribution in [3.63, 3.8) is 0 Å². The lowest BCUT2D eigenvalue weighted by atomic mass is 10.2. The van der Waals surface area contributed by atoms with Crippen LogP contribution in [0.5, 0.6) is 11.5 Å². The first-order valence-corrected chi connectivity index (χ1v) is 10.1. The Morgan fingerprint density at radius 1 is 1.30 bits per heavy atom. The molecule has 1 aliphatic heterocycles. The lowest BCUT2D eigenvalue weighted by molar-refractivity contribution is -0.905. The van der Waals surface area contributed by atoms with Crippen molar-refractivity contribution in [2.24, 2.45) is 0 Å². The summed E-state index contributed by atoms with van der Waals surface area (Å²) >= 11 is 0. The van der Waals surface area contributed by atoms with Gasteiger partial charge in [-0.3, -0.25) is 14.4 Å². The van der Waals surface area contributed by atoms with E-state index in [1.54, 1.807) is 0 Å². The van der Waals surface area contributed by atoms with Crippen LogP contribution >= 0.6 is 0 Å². The highest BCUT2D eigenvalue weighted by Gasteiger charge is 2.30. The first-order valence-electron chi connectivity index (χ1n) is 8.22. The number of hydrogen-bond donors (Lipinski definition) is 3. The smallest absolute Gasteiger partial charge is 0.279 e. The van der Waals surface area contributed by atoms with Gasteiger partial charge in [0.15, 0.2) is 6.54 Å². The number of benzene rings is 1. The molecule has 3 N–H and O–H groups in total. The highest BCUT2D eigenvalue weighted by atomic mass is 35.5. The van der Waals surface area contributed by atoms with Gasteiger partial charge in [0.2, 0.25) is 10.0 Å². The minimum absolute atomic E-state index is 0. The molecule has 2 rings (SSSR count). The van der Waals surface area contributed by atoms with Crippen molar-refractivity contribution in [2.45, 2.75) is 0 Å². The van der Waals surface area contributed by atoms with Gasteiger partial charge in [0, 0.05) is 25.2 Å². The molecule has 11 heteroatoms. The van der Waals surface area contributed by atoms with Crippen LogP contribution in [0.3, 0.4) is 0 Å². The van der Waals surface area contributed by atoms with Crippen molar-refractivity contribution in [3.05, 3.63) is 12.1 Å². The van der Waals surface area contributed by atoms with E-state index < -0.39 is 10.0 Å². The molecule has 1 saturated heterocycles. The average molecular weight is 423 g/mol. The highest BCUT2D eigenvalue weighted by Crippen LogP contribution is 2.36. The van der Waals surface area contributed by atoms with E-state index >= 15 is 0 Å². The maximum absolute atomic E-state index is 12.5. The number of amides is 1. The van der Waals surface area contributed by atoms with Crippen molar-refractivity contribution in [2.75, 3.05) is 70.2 Å². The Hall–Kier alpha value is -1.75. The number of aromatic hydroxyl groups is 1. The Balaban J connectivity index is 0.00000364. The number of nitrogens with zero attached hydrogens (tertiary/aromatic N) is 2. The number of ether oxygens (including phenoxy) is 1. The molecule has 154 valence electrons. The zero-order valence-corrected chi connectivity index (χ0v) is 17.5. The second-order valence-electron chi connectivity index (χ2n) is 7.02. The van der Waals surface area contributed by atoms with Crippen molar-refractivity contribution < 1.29 is 39.9 Å². The molecule has 9 nitrogen and oxygen atoms in total. The third-order valence-electron chi connectivity index (χ3n) is 4.46. The number of quaternary nitrogens is 1. The minimum Gasteiger partial charge on any atom is -1.00 e. The number of hydrogen-bond acceptors (Lipinski definition) is 6. The summed E-state index contributed by atoms with van der Waals surface area (Å²) in [7, 11) is 1.95. The quantitative estimate of drug-likeness (QED) is 0.335. The number of carbonyl (C=O) groups excluding carboxylic acids is 1. The molecule has 1 aliphatic rings. The number of sulfonamides is 1. The van der Waals surface area contributed by atoms with Gasteiger partial charge in [-0.25, -0.2) is 8.42 Å². The molecule has 1 aromatic carbocycles. The largest absolute Gasteiger partial charge is 1.00 e. The number of carbonyl (C=O) groups is 1. The maximum Gasteiger partial charge on any atom is 0.279 e. The van der Waals surface area contributed by atoms with Crippen molar-refractivity contribution in [3.8, 4) is 11.5 Å². The minimum atomic E-state index is -3.55. The second kappa shape index (κ2) is 8.96. The standard InChI is InChI=1S/C16H26N4O5S.ClH/c1-19-5-7-20(2,8-6-19)11-16(22)17-13-9-14(21)12(10-15(13)25-3)18-26(4,23)24;/h9-10,18H,5-8,11H2,1-4H3,(H-,17,21,22);1H. The normalized spacial score (nSPS) is 16.9. The molecule has 0 radical (unpaired) electrons. The topological polar surface area (TPSA) is 108 Å². The summed E-state index contributed by atoms with van der Waals surface area (Å²) < 4.78 is 30.8. The molecule has 1 heterocycles. The molecule has 1 aromatic rings. The van der Waals surface area contributed by atoms with Crippen LogP contribution in [0.2, 0.25) is 0 Å². The molecular formula is C16H27ClN4O5S. The number of phenols is 1. The van der Waals surface area contributed by atoms with E-state index in [-0.39, 0.29) is 41.2 Å². The SMILES string of the molecule is COc1cc(NS(C)(=O)=O)c(O)cc1NC(=O)C[N+]1(C)CCN(C)CC1.[Cl-]. The molecule has 0 bridgehead atoms. The Morgan fingerprint density at radius 2 is 1.89 bits per heavy atom. The van der Waals surface area contributed by atoms with Gasteiger partial charge in [-0.2, -0.15) is 0 Å². The molecular weight excluding hydrogens is 396 g/mol. The number of piperazine rings is 1. The summed E-state index contributed by atoms with van der Waals surface area (Å²) in [6.07, 6.45) is 0.981. The third kappa shape index (κ3) is 6.73. The van der Waals surface area contributed by atoms with Crippen LogP contribution in [-0.4, -0.2) is 89.0 Å². The van der Waals surface area contributed by atoms with Crippen LogP contribution in [-0.2, 0) is 14.8 Å². The van der Waals surface area contributed by atoms with Gasteiger partial charge in [-0.05, 0) is 7.05 Å². The molecule has 0 aliphatic carbocycles. The van der Waals surface area contributed by atoms with Crippen molar-refractivity contribution in [1.29, 1.82) is 0 Å². The summed E-state index contributed by atoms with van der Waals surface area (Å²) in [6, 6.07) is 2.60. The summed E-state index contributed by atoms with van der Waals surface area (Å²) in [5.74, 6) is -0.242. The van der Waals surface area contributed by atoms with E-state index in [1.807, 2.05) is 7.05 Å². The third-order valence-corrected chi connectivity index (χ3v) is 5.05. The molecule has 1 amide bonds. The molecule has 27 heavy (non-hydrogen) atoms. The number of methoxy groups -OCH3 is 1. The maximum atomic E-state index is 12.5. The van der Waals surface area contributed by atoms with Crippen LogP contribution in [0.25, 0.3) is 0 Å². The van der Waals surface area contributed by atoms with E-state index in [1.165, 1.54) is 19.2 Å². The zero-order valence-electron chi connectivity index (χ0n) is 16.0. The van der Waals surface area contributed by atoms with Gasteiger partial charge in [0.1, 0.15) is 11.5 Å². The monoisotopic (exact) mass is 422 g/mol. The van der Waals surface area contributed by atoms with Gasteiger partial charge in [-0.15, -0.1) is 0 Å². The van der Waals surface area contributed by atoms with Crippen LogP contribution < -0.4 is 27.2 Å². The summed E-state index contributed by atoms with van der Waals surface area (Å²) in [6.45, 7) is 3.92. The van der Waals surface area contributed by atoms with Crippen LogP contribution in [0.15, 0.2) is 12.1 Å². The molecule has 0 atom stereocenters. The Bertz CT molecular complexity index is 779. The molecule has 0 spiro atoms. The summed E-state index contributed by atoms with van der Waals surface area (Å²) in [5, 5.41) is 12.8.